The molecule has 0 radical (unpaired) electrons. The zero-order valence-corrected chi connectivity index (χ0v) is 12.7. The van der Waals surface area contributed by atoms with Crippen LogP contribution in [0.3, 0.4) is 0 Å². The van der Waals surface area contributed by atoms with Crippen LogP contribution in [0.25, 0.3) is 0 Å². The summed E-state index contributed by atoms with van der Waals surface area (Å²) in [5.41, 5.74) is -1.34. The molecule has 1 aromatic carbocycles. The third-order valence-electron chi connectivity index (χ3n) is 3.11. The summed E-state index contributed by atoms with van der Waals surface area (Å²) in [6.45, 7) is -0.463. The number of amides is 1. The van der Waals surface area contributed by atoms with E-state index >= 15 is 0 Å². The number of carbonyl (C=O) groups excluding carboxylic acids is 1. The fraction of sp³-hybridized carbons (Fsp3) is 0.214. The zero-order chi connectivity index (χ0) is 17.9. The number of aliphatic hydroxyl groups is 1. The van der Waals surface area contributed by atoms with Crippen molar-refractivity contribution < 1.29 is 28.0 Å². The van der Waals surface area contributed by atoms with Crippen molar-refractivity contribution in [1.82, 2.24) is 5.32 Å². The Balaban J connectivity index is 2.06. The first-order valence-electron chi connectivity index (χ1n) is 6.55. The van der Waals surface area contributed by atoms with Crippen molar-refractivity contribution in [2.24, 2.45) is 0 Å². The quantitative estimate of drug-likeness (QED) is 0.633. The molecule has 0 unspecified atom stereocenters. The first-order valence-corrected chi connectivity index (χ1v) is 7.43. The molecule has 0 bridgehead atoms. The summed E-state index contributed by atoms with van der Waals surface area (Å²) < 4.78 is 38.7. The molecule has 0 aliphatic heterocycles. The lowest BCUT2D eigenvalue weighted by atomic mass is 10.0. The number of nitro groups is 1. The van der Waals surface area contributed by atoms with Gasteiger partial charge in [0.25, 0.3) is 5.91 Å². The van der Waals surface area contributed by atoms with Gasteiger partial charge in [0, 0.05) is 18.0 Å². The number of rotatable bonds is 5. The summed E-state index contributed by atoms with van der Waals surface area (Å²) in [6, 6.07) is 5.55. The Hall–Kier alpha value is -2.46. The average Bonchev–Trinajstić information content (AvgIpc) is 3.01. The van der Waals surface area contributed by atoms with Crippen molar-refractivity contribution in [3.8, 4) is 0 Å². The molecule has 1 atom stereocenters. The Kier molecular flexibility index (Phi) is 5.20. The van der Waals surface area contributed by atoms with Crippen LogP contribution in [0.5, 0.6) is 0 Å². The molecule has 1 amide bonds. The second kappa shape index (κ2) is 6.97. The van der Waals surface area contributed by atoms with Crippen LogP contribution in [0.1, 0.15) is 27.6 Å². The van der Waals surface area contributed by atoms with Crippen molar-refractivity contribution in [3.05, 3.63) is 62.5 Å². The number of carbonyl (C=O) groups is 1. The van der Waals surface area contributed by atoms with Crippen LogP contribution in [-0.2, 0) is 6.18 Å². The molecular weight excluding hydrogens is 349 g/mol. The van der Waals surface area contributed by atoms with Crippen LogP contribution in [0.15, 0.2) is 35.7 Å². The molecule has 6 nitrogen and oxygen atoms in total. The number of nitrogens with one attached hydrogen (secondary N) is 1. The van der Waals surface area contributed by atoms with Crippen LogP contribution in [-0.4, -0.2) is 22.5 Å². The fourth-order valence-corrected chi connectivity index (χ4v) is 2.69. The number of nitrogens with zero attached hydrogens (tertiary/aromatic N) is 1. The minimum atomic E-state index is -4.63. The number of hydrogen-bond donors (Lipinski definition) is 2. The van der Waals surface area contributed by atoms with Crippen LogP contribution in [0, 0.1) is 10.1 Å². The van der Waals surface area contributed by atoms with Gasteiger partial charge in [0.05, 0.1) is 22.2 Å². The molecule has 2 N–H and O–H groups in total. The molecule has 128 valence electrons. The average molecular weight is 360 g/mol. The summed E-state index contributed by atoms with van der Waals surface area (Å²) in [4.78, 5) is 21.7. The largest absolute Gasteiger partial charge is 0.416 e. The van der Waals surface area contributed by atoms with E-state index in [0.29, 0.717) is 0 Å². The molecule has 24 heavy (non-hydrogen) atoms. The second-order valence-corrected chi connectivity index (χ2v) is 5.63. The maximum absolute atomic E-state index is 12.9. The van der Waals surface area contributed by atoms with Gasteiger partial charge in [0.15, 0.2) is 0 Å². The van der Waals surface area contributed by atoms with Gasteiger partial charge in [-0.05, 0) is 11.6 Å². The van der Waals surface area contributed by atoms with Crippen molar-refractivity contribution in [2.45, 2.75) is 12.3 Å². The zero-order valence-electron chi connectivity index (χ0n) is 11.9. The summed E-state index contributed by atoms with van der Waals surface area (Å²) >= 11 is 0.751. The lowest BCUT2D eigenvalue weighted by Crippen LogP contribution is -2.29. The van der Waals surface area contributed by atoms with Gasteiger partial charge in [-0.2, -0.15) is 13.2 Å². The van der Waals surface area contributed by atoms with Gasteiger partial charge in [-0.3, -0.25) is 14.9 Å². The van der Waals surface area contributed by atoms with Crippen molar-refractivity contribution in [1.29, 1.82) is 0 Å². The molecule has 0 aliphatic rings. The highest BCUT2D eigenvalue weighted by molar-refractivity contribution is 7.13. The van der Waals surface area contributed by atoms with Crippen LogP contribution in [0.2, 0.25) is 0 Å². The molecule has 2 aromatic rings. The van der Waals surface area contributed by atoms with Gasteiger partial charge in [-0.15, -0.1) is 0 Å². The number of alkyl halides is 3. The predicted octanol–water partition coefficient (Wildman–Crippen LogP) is 3.14. The number of benzene rings is 1. The van der Waals surface area contributed by atoms with E-state index < -0.39 is 35.2 Å². The number of aliphatic hydroxyl groups excluding tert-OH is 1. The van der Waals surface area contributed by atoms with Gasteiger partial charge < -0.3 is 10.4 Å². The highest BCUT2D eigenvalue weighted by Crippen LogP contribution is 2.34. The Bertz CT molecular complexity index is 760. The van der Waals surface area contributed by atoms with Gasteiger partial charge in [-0.25, -0.2) is 0 Å². The van der Waals surface area contributed by atoms with E-state index in [4.69, 9.17) is 0 Å². The van der Waals surface area contributed by atoms with E-state index in [1.165, 1.54) is 17.5 Å². The van der Waals surface area contributed by atoms with Crippen LogP contribution >= 0.6 is 11.3 Å². The third kappa shape index (κ3) is 4.09. The van der Waals surface area contributed by atoms with E-state index in [0.717, 1.165) is 29.5 Å². The van der Waals surface area contributed by atoms with E-state index in [2.05, 4.69) is 5.32 Å². The molecule has 0 saturated carbocycles. The summed E-state index contributed by atoms with van der Waals surface area (Å²) in [6.07, 6.45) is -6.20. The standard InChI is InChI=1S/C14H11F3N2O4S/c15-14(16,17)10-4-2-1-3-9(10)11(20)6-18-13(21)8-5-12(19(22)23)24-7-8/h1-5,7,11,20H,6H2,(H,18,21)/t11-/m0/s1. The summed E-state index contributed by atoms with van der Waals surface area (Å²) in [7, 11) is 0. The Morgan fingerprint density at radius 3 is 2.62 bits per heavy atom. The van der Waals surface area contributed by atoms with Crippen LogP contribution < -0.4 is 5.32 Å². The van der Waals surface area contributed by atoms with E-state index in [9.17, 15) is 33.2 Å². The SMILES string of the molecule is O=C(NC[C@H](O)c1ccccc1C(F)(F)F)c1csc([N+](=O)[O-])c1. The maximum Gasteiger partial charge on any atom is 0.416 e. The number of hydrogen-bond acceptors (Lipinski definition) is 5. The monoisotopic (exact) mass is 360 g/mol. The van der Waals surface area contributed by atoms with Gasteiger partial charge in [-0.1, -0.05) is 29.5 Å². The van der Waals surface area contributed by atoms with Crippen molar-refractivity contribution in [2.75, 3.05) is 6.54 Å². The molecule has 0 fully saturated rings. The lowest BCUT2D eigenvalue weighted by molar-refractivity contribution is -0.380. The Morgan fingerprint density at radius 1 is 1.38 bits per heavy atom. The first-order chi connectivity index (χ1) is 11.2. The highest BCUT2D eigenvalue weighted by atomic mass is 32.1. The van der Waals surface area contributed by atoms with Crippen LogP contribution in [0.4, 0.5) is 18.2 Å². The predicted molar refractivity (Wildman–Crippen MR) is 79.7 cm³/mol. The number of thiophene rings is 1. The van der Waals surface area contributed by atoms with E-state index in [1.807, 2.05) is 0 Å². The summed E-state index contributed by atoms with van der Waals surface area (Å²) in [5, 5.41) is 23.8. The topological polar surface area (TPSA) is 92.5 Å². The molecule has 0 aliphatic carbocycles. The third-order valence-corrected chi connectivity index (χ3v) is 3.99. The van der Waals surface area contributed by atoms with Gasteiger partial charge in [0.1, 0.15) is 0 Å². The number of halogens is 3. The Labute approximate surface area is 137 Å². The lowest BCUT2D eigenvalue weighted by Gasteiger charge is -2.17. The van der Waals surface area contributed by atoms with Gasteiger partial charge in [0.2, 0.25) is 0 Å². The van der Waals surface area contributed by atoms with Crippen molar-refractivity contribution >= 4 is 22.2 Å². The molecular formula is C14H11F3N2O4S. The normalized spacial score (nSPS) is 12.7. The minimum absolute atomic E-state index is 0.00278. The molecule has 0 saturated heterocycles. The molecule has 2 rings (SSSR count). The second-order valence-electron chi connectivity index (χ2n) is 4.74. The molecule has 1 aromatic heterocycles. The summed E-state index contributed by atoms with van der Waals surface area (Å²) in [5.74, 6) is -0.720. The minimum Gasteiger partial charge on any atom is -0.387 e. The molecule has 0 spiro atoms. The fourth-order valence-electron chi connectivity index (χ4n) is 1.99. The highest BCUT2D eigenvalue weighted by Gasteiger charge is 2.34. The van der Waals surface area contributed by atoms with Crippen molar-refractivity contribution in [3.63, 3.8) is 0 Å². The molecule has 1 heterocycles. The van der Waals surface area contributed by atoms with Gasteiger partial charge >= 0.3 is 11.2 Å². The maximum atomic E-state index is 12.9. The first kappa shape index (κ1) is 17.9. The molecule has 10 heteroatoms. The van der Waals surface area contributed by atoms with E-state index in [1.54, 1.807) is 0 Å². The van der Waals surface area contributed by atoms with E-state index in [-0.39, 0.29) is 16.1 Å². The smallest absolute Gasteiger partial charge is 0.387 e. The Morgan fingerprint density at radius 2 is 2.04 bits per heavy atom.